The van der Waals surface area contributed by atoms with Gasteiger partial charge >= 0.3 is 12.1 Å². The molecule has 1 saturated heterocycles. The highest BCUT2D eigenvalue weighted by atomic mass is 19.4. The van der Waals surface area contributed by atoms with Crippen molar-refractivity contribution in [2.45, 2.75) is 63.7 Å². The number of aromatic nitrogens is 1. The number of benzene rings is 2. The summed E-state index contributed by atoms with van der Waals surface area (Å²) >= 11 is 0. The predicted molar refractivity (Wildman–Crippen MR) is 151 cm³/mol. The van der Waals surface area contributed by atoms with Gasteiger partial charge in [0.1, 0.15) is 11.9 Å². The highest BCUT2D eigenvalue weighted by Crippen LogP contribution is 2.37. The van der Waals surface area contributed by atoms with Gasteiger partial charge in [-0.15, -0.1) is 0 Å². The zero-order valence-electron chi connectivity index (χ0n) is 23.4. The molecule has 0 spiro atoms. The van der Waals surface area contributed by atoms with Crippen molar-refractivity contribution in [1.82, 2.24) is 9.88 Å². The van der Waals surface area contributed by atoms with Gasteiger partial charge in [-0.2, -0.15) is 13.2 Å². The van der Waals surface area contributed by atoms with Crippen LogP contribution in [0.2, 0.25) is 0 Å². The predicted octanol–water partition coefficient (Wildman–Crippen LogP) is 7.88. The SMILES string of the molecule is COc1ccc2nccc(C(F)CC[C@@H]3CCN(CCCCc4cccc(C(F)(F)F)c4)C[C@@H]3CCC(=O)O)c2c1. The number of aliphatic carboxylic acids is 1. The summed E-state index contributed by atoms with van der Waals surface area (Å²) in [5.74, 6) is 0.207. The molecule has 2 heterocycles. The molecule has 5 nitrogen and oxygen atoms in total. The Hall–Kier alpha value is -3.20. The number of fused-ring (bicyclic) bond motifs is 1. The van der Waals surface area contributed by atoms with E-state index in [0.29, 0.717) is 48.1 Å². The van der Waals surface area contributed by atoms with Crippen molar-refractivity contribution in [2.24, 2.45) is 11.8 Å². The van der Waals surface area contributed by atoms with Crippen LogP contribution in [-0.2, 0) is 17.4 Å². The minimum absolute atomic E-state index is 0.0817. The third kappa shape index (κ3) is 8.64. The number of methoxy groups -OCH3 is 1. The van der Waals surface area contributed by atoms with Crippen molar-refractivity contribution in [2.75, 3.05) is 26.7 Å². The van der Waals surface area contributed by atoms with Crippen molar-refractivity contribution >= 4 is 16.9 Å². The molecule has 1 aromatic heterocycles. The van der Waals surface area contributed by atoms with E-state index in [1.54, 1.807) is 31.5 Å². The van der Waals surface area contributed by atoms with Gasteiger partial charge < -0.3 is 14.7 Å². The highest BCUT2D eigenvalue weighted by Gasteiger charge is 2.31. The van der Waals surface area contributed by atoms with Crippen molar-refractivity contribution < 1.29 is 32.2 Å². The van der Waals surface area contributed by atoms with Gasteiger partial charge in [0.2, 0.25) is 0 Å². The van der Waals surface area contributed by atoms with Crippen LogP contribution in [0.5, 0.6) is 5.75 Å². The topological polar surface area (TPSA) is 62.7 Å². The van der Waals surface area contributed by atoms with E-state index < -0.39 is 23.9 Å². The second-order valence-corrected chi connectivity index (χ2v) is 11.0. The van der Waals surface area contributed by atoms with Crippen LogP contribution in [0.1, 0.15) is 67.8 Å². The lowest BCUT2D eigenvalue weighted by molar-refractivity contribution is -0.138. The average molecular weight is 575 g/mol. The van der Waals surface area contributed by atoms with E-state index in [4.69, 9.17) is 4.74 Å². The van der Waals surface area contributed by atoms with Gasteiger partial charge in [-0.25, -0.2) is 4.39 Å². The van der Waals surface area contributed by atoms with E-state index >= 15 is 4.39 Å². The molecule has 0 amide bonds. The van der Waals surface area contributed by atoms with Gasteiger partial charge in [-0.1, -0.05) is 18.2 Å². The minimum atomic E-state index is -4.34. The standard InChI is InChI=1S/C32H38F4N2O3/c1-41-26-10-12-30-28(20-26)27(14-16-37-30)29(33)11-8-23-15-18-38(21-24(23)9-13-31(39)40)17-3-2-5-22-6-4-7-25(19-22)32(34,35)36/h4,6-7,10,12,14,16,19-20,23-24,29H,2-3,5,8-9,11,13,15,17-18,21H2,1H3,(H,39,40)/t23-,24+,29?/m1/s1. The number of rotatable bonds is 13. The highest BCUT2D eigenvalue weighted by molar-refractivity contribution is 5.83. The Labute approximate surface area is 238 Å². The largest absolute Gasteiger partial charge is 0.497 e. The van der Waals surface area contributed by atoms with Crippen molar-refractivity contribution in [3.63, 3.8) is 0 Å². The molecule has 0 bridgehead atoms. The molecule has 3 atom stereocenters. The van der Waals surface area contributed by atoms with E-state index in [1.165, 1.54) is 12.1 Å². The number of aryl methyl sites for hydroxylation is 1. The van der Waals surface area contributed by atoms with Gasteiger partial charge in [0.15, 0.2) is 0 Å². The summed E-state index contributed by atoms with van der Waals surface area (Å²) in [5, 5.41) is 10.0. The Morgan fingerprint density at radius 3 is 2.71 bits per heavy atom. The number of carboxylic acid groups (broad SMARTS) is 1. The number of likely N-dealkylation sites (tertiary alicyclic amines) is 1. The molecule has 222 valence electrons. The molecule has 2 aromatic carbocycles. The molecule has 41 heavy (non-hydrogen) atoms. The van der Waals surface area contributed by atoms with Gasteiger partial charge in [0.05, 0.1) is 18.2 Å². The maximum atomic E-state index is 15.6. The fourth-order valence-electron chi connectivity index (χ4n) is 6.01. The van der Waals surface area contributed by atoms with Gasteiger partial charge in [-0.05, 0) is 111 Å². The number of alkyl halides is 4. The van der Waals surface area contributed by atoms with Gasteiger partial charge in [0, 0.05) is 24.5 Å². The van der Waals surface area contributed by atoms with Gasteiger partial charge in [-0.3, -0.25) is 9.78 Å². The average Bonchev–Trinajstić information content (AvgIpc) is 2.96. The summed E-state index contributed by atoms with van der Waals surface area (Å²) in [6.07, 6.45) is 0.834. The van der Waals surface area contributed by atoms with Crippen LogP contribution in [0.3, 0.4) is 0 Å². The van der Waals surface area contributed by atoms with E-state index in [9.17, 15) is 23.1 Å². The number of pyridine rings is 1. The molecule has 0 aliphatic carbocycles. The van der Waals surface area contributed by atoms with Gasteiger partial charge in [0.25, 0.3) is 0 Å². The molecule has 1 aliphatic heterocycles. The van der Waals surface area contributed by atoms with Crippen LogP contribution in [-0.4, -0.2) is 47.7 Å². The summed E-state index contributed by atoms with van der Waals surface area (Å²) in [4.78, 5) is 18.0. The van der Waals surface area contributed by atoms with Crippen LogP contribution >= 0.6 is 0 Å². The zero-order valence-corrected chi connectivity index (χ0v) is 23.4. The minimum Gasteiger partial charge on any atom is -0.497 e. The second kappa shape index (κ2) is 14.1. The Morgan fingerprint density at radius 1 is 1.12 bits per heavy atom. The van der Waals surface area contributed by atoms with E-state index in [2.05, 4.69) is 9.88 Å². The summed E-state index contributed by atoms with van der Waals surface area (Å²) in [6.45, 7) is 2.42. The Morgan fingerprint density at radius 2 is 1.95 bits per heavy atom. The lowest BCUT2D eigenvalue weighted by atomic mass is 9.79. The van der Waals surface area contributed by atoms with E-state index in [0.717, 1.165) is 50.3 Å². The smallest absolute Gasteiger partial charge is 0.416 e. The number of halogens is 4. The van der Waals surface area contributed by atoms with Crippen LogP contribution in [0.4, 0.5) is 17.6 Å². The molecule has 1 N–H and O–H groups in total. The number of unbranched alkanes of at least 4 members (excludes halogenated alkanes) is 1. The summed E-state index contributed by atoms with van der Waals surface area (Å²) < 4.78 is 59.8. The number of hydrogen-bond donors (Lipinski definition) is 1. The first-order valence-electron chi connectivity index (χ1n) is 14.3. The van der Waals surface area contributed by atoms with Crippen LogP contribution in [0.15, 0.2) is 54.7 Å². The monoisotopic (exact) mass is 574 g/mol. The number of piperidine rings is 1. The third-order valence-corrected chi connectivity index (χ3v) is 8.26. The molecular formula is C32H38F4N2O3. The fourth-order valence-corrected chi connectivity index (χ4v) is 6.01. The fraction of sp³-hybridized carbons (Fsp3) is 0.500. The van der Waals surface area contributed by atoms with Crippen LogP contribution in [0.25, 0.3) is 10.9 Å². The second-order valence-electron chi connectivity index (χ2n) is 11.0. The molecule has 1 aliphatic rings. The number of carbonyl (C=O) groups is 1. The molecule has 0 saturated carbocycles. The van der Waals surface area contributed by atoms with Crippen LogP contribution in [0, 0.1) is 11.8 Å². The normalized spacial score (nSPS) is 18.9. The molecule has 3 aromatic rings. The lowest BCUT2D eigenvalue weighted by Crippen LogP contribution is -2.41. The van der Waals surface area contributed by atoms with Crippen molar-refractivity contribution in [3.05, 3.63) is 71.4 Å². The van der Waals surface area contributed by atoms with E-state index in [1.807, 2.05) is 12.1 Å². The van der Waals surface area contributed by atoms with E-state index in [-0.39, 0.29) is 18.3 Å². The summed E-state index contributed by atoms with van der Waals surface area (Å²) in [7, 11) is 1.57. The first kappa shape index (κ1) is 30.8. The first-order valence-corrected chi connectivity index (χ1v) is 14.3. The Balaban J connectivity index is 1.31. The quantitative estimate of drug-likeness (QED) is 0.166. The Bertz CT molecular complexity index is 1300. The maximum Gasteiger partial charge on any atom is 0.416 e. The number of hydrogen-bond acceptors (Lipinski definition) is 4. The molecule has 0 radical (unpaired) electrons. The number of nitrogens with zero attached hydrogens (tertiary/aromatic N) is 2. The van der Waals surface area contributed by atoms with Crippen LogP contribution < -0.4 is 4.74 Å². The molecule has 4 rings (SSSR count). The third-order valence-electron chi connectivity index (χ3n) is 8.26. The summed E-state index contributed by atoms with van der Waals surface area (Å²) in [5.41, 5.74) is 1.37. The van der Waals surface area contributed by atoms with Crippen molar-refractivity contribution in [3.8, 4) is 5.75 Å². The van der Waals surface area contributed by atoms with Crippen molar-refractivity contribution in [1.29, 1.82) is 0 Å². The molecular weight excluding hydrogens is 536 g/mol. The summed E-state index contributed by atoms with van der Waals surface area (Å²) in [6, 6.07) is 12.6. The molecule has 1 unspecified atom stereocenters. The Kier molecular flexibility index (Phi) is 10.6. The maximum absolute atomic E-state index is 15.6. The number of ether oxygens (including phenoxy) is 1. The number of carboxylic acids is 1. The first-order chi connectivity index (χ1) is 19.6. The molecule has 1 fully saturated rings. The zero-order chi connectivity index (χ0) is 29.4. The molecule has 9 heteroatoms. The lowest BCUT2D eigenvalue weighted by Gasteiger charge is -2.39.